The van der Waals surface area contributed by atoms with E-state index in [1.807, 2.05) is 10.3 Å². The number of amides is 1. The van der Waals surface area contributed by atoms with E-state index in [1.54, 1.807) is 16.7 Å². The Morgan fingerprint density at radius 2 is 1.55 bits per heavy atom. The third-order valence-corrected chi connectivity index (χ3v) is 7.30. The number of thiazole rings is 1. The number of nitrogens with zero attached hydrogens (tertiary/aromatic N) is 6. The molecular weight excluding hydrogens is 436 g/mol. The Morgan fingerprint density at radius 3 is 2.30 bits per heavy atom. The summed E-state index contributed by atoms with van der Waals surface area (Å²) in [4.78, 5) is 39.4. The van der Waals surface area contributed by atoms with E-state index in [9.17, 15) is 9.59 Å². The highest BCUT2D eigenvalue weighted by Crippen LogP contribution is 2.12. The Bertz CT molecular complexity index is 1130. The summed E-state index contributed by atoms with van der Waals surface area (Å²) in [6, 6.07) is 12.2. The predicted octanol–water partition coefficient (Wildman–Crippen LogP) is 1.22. The molecule has 2 fully saturated rings. The Hall–Kier alpha value is -2.59. The minimum Gasteiger partial charge on any atom is -0.339 e. The van der Waals surface area contributed by atoms with Crippen LogP contribution in [0.5, 0.6) is 0 Å². The second kappa shape index (κ2) is 10.1. The third kappa shape index (κ3) is 5.50. The maximum Gasteiger partial charge on any atom is 0.258 e. The van der Waals surface area contributed by atoms with Gasteiger partial charge in [-0.05, 0) is 5.56 Å². The number of benzene rings is 1. The van der Waals surface area contributed by atoms with Gasteiger partial charge in [0.2, 0.25) is 5.91 Å². The molecule has 174 valence electrons. The van der Waals surface area contributed by atoms with Crippen molar-refractivity contribution in [1.82, 2.24) is 29.0 Å². The van der Waals surface area contributed by atoms with Crippen LogP contribution in [0.25, 0.3) is 4.96 Å². The highest BCUT2D eigenvalue weighted by molar-refractivity contribution is 7.15. The minimum absolute atomic E-state index is 0.0334. The van der Waals surface area contributed by atoms with Crippen molar-refractivity contribution in [2.24, 2.45) is 0 Å². The first-order chi connectivity index (χ1) is 16.1. The van der Waals surface area contributed by atoms with E-state index in [-0.39, 0.29) is 11.5 Å². The molecule has 1 aromatic carbocycles. The van der Waals surface area contributed by atoms with Crippen molar-refractivity contribution in [3.8, 4) is 0 Å². The second-order valence-electron chi connectivity index (χ2n) is 8.84. The van der Waals surface area contributed by atoms with Gasteiger partial charge in [0.1, 0.15) is 0 Å². The van der Waals surface area contributed by atoms with Crippen molar-refractivity contribution >= 4 is 22.2 Å². The molecule has 2 aliphatic heterocycles. The molecule has 0 saturated carbocycles. The molecule has 0 aliphatic carbocycles. The number of piperazine rings is 2. The highest BCUT2D eigenvalue weighted by atomic mass is 32.1. The van der Waals surface area contributed by atoms with Crippen LogP contribution in [-0.4, -0.2) is 93.8 Å². The maximum atomic E-state index is 12.9. The van der Waals surface area contributed by atoms with Crippen LogP contribution < -0.4 is 5.56 Å². The predicted molar refractivity (Wildman–Crippen MR) is 129 cm³/mol. The largest absolute Gasteiger partial charge is 0.339 e. The summed E-state index contributed by atoms with van der Waals surface area (Å²) in [6.07, 6.45) is 1.76. The fraction of sp³-hybridized carbons (Fsp3) is 0.458. The molecule has 0 unspecified atom stereocenters. The van der Waals surface area contributed by atoms with Crippen molar-refractivity contribution in [1.29, 1.82) is 0 Å². The molecule has 0 radical (unpaired) electrons. The average Bonchev–Trinajstić information content (AvgIpc) is 3.31. The standard InChI is InChI=1S/C24H30N6O2S/c31-22-16-21(25-24-30(22)14-15-33-24)18-27-10-12-29(13-11-27)23(32)19-28-8-6-26(7-9-28)17-20-4-2-1-3-5-20/h1-5,14-16H,6-13,17-19H2. The zero-order chi connectivity index (χ0) is 22.6. The zero-order valence-corrected chi connectivity index (χ0v) is 19.6. The summed E-state index contributed by atoms with van der Waals surface area (Å²) in [5.74, 6) is 0.225. The van der Waals surface area contributed by atoms with Crippen molar-refractivity contribution in [2.75, 3.05) is 58.9 Å². The fourth-order valence-electron chi connectivity index (χ4n) is 4.59. The van der Waals surface area contributed by atoms with Crippen molar-refractivity contribution in [3.63, 3.8) is 0 Å². The Balaban J connectivity index is 1.05. The van der Waals surface area contributed by atoms with Crippen LogP contribution in [0.15, 0.2) is 52.8 Å². The number of rotatable bonds is 6. The average molecular weight is 467 g/mol. The van der Waals surface area contributed by atoms with E-state index in [0.29, 0.717) is 13.1 Å². The minimum atomic E-state index is -0.0334. The molecule has 2 aromatic heterocycles. The van der Waals surface area contributed by atoms with Crippen LogP contribution in [0.3, 0.4) is 0 Å². The van der Waals surface area contributed by atoms with Gasteiger partial charge in [0, 0.05) is 83.1 Å². The van der Waals surface area contributed by atoms with Gasteiger partial charge in [-0.25, -0.2) is 4.98 Å². The number of hydrogen-bond donors (Lipinski definition) is 0. The molecule has 0 atom stereocenters. The van der Waals surface area contributed by atoms with Gasteiger partial charge in [0.15, 0.2) is 4.96 Å². The van der Waals surface area contributed by atoms with Gasteiger partial charge in [-0.15, -0.1) is 11.3 Å². The van der Waals surface area contributed by atoms with E-state index >= 15 is 0 Å². The van der Waals surface area contributed by atoms with Crippen LogP contribution in [-0.2, 0) is 17.9 Å². The highest BCUT2D eigenvalue weighted by Gasteiger charge is 2.25. The topological polar surface area (TPSA) is 64.4 Å². The Kier molecular flexibility index (Phi) is 6.82. The molecule has 2 saturated heterocycles. The number of hydrogen-bond acceptors (Lipinski definition) is 7. The molecule has 8 nitrogen and oxygen atoms in total. The van der Waals surface area contributed by atoms with Gasteiger partial charge in [-0.2, -0.15) is 0 Å². The normalized spacial score (nSPS) is 18.7. The van der Waals surface area contributed by atoms with E-state index in [1.165, 1.54) is 16.9 Å². The summed E-state index contributed by atoms with van der Waals surface area (Å²) in [5.41, 5.74) is 2.11. The molecule has 0 spiro atoms. The summed E-state index contributed by atoms with van der Waals surface area (Å²) < 4.78 is 1.58. The maximum absolute atomic E-state index is 12.9. The fourth-order valence-corrected chi connectivity index (χ4v) is 5.33. The Morgan fingerprint density at radius 1 is 0.879 bits per heavy atom. The zero-order valence-electron chi connectivity index (χ0n) is 18.8. The van der Waals surface area contributed by atoms with Crippen LogP contribution in [0.4, 0.5) is 0 Å². The van der Waals surface area contributed by atoms with Crippen LogP contribution in [0, 0.1) is 0 Å². The molecule has 5 rings (SSSR count). The SMILES string of the molecule is O=C(CN1CCN(Cc2ccccc2)CC1)N1CCN(Cc2cc(=O)n3ccsc3n2)CC1. The van der Waals surface area contributed by atoms with Gasteiger partial charge in [0.05, 0.1) is 12.2 Å². The van der Waals surface area contributed by atoms with E-state index in [2.05, 4.69) is 50.0 Å². The molecule has 33 heavy (non-hydrogen) atoms. The molecule has 1 amide bonds. The van der Waals surface area contributed by atoms with E-state index in [0.717, 1.165) is 69.6 Å². The van der Waals surface area contributed by atoms with E-state index in [4.69, 9.17) is 0 Å². The van der Waals surface area contributed by atoms with Crippen molar-refractivity contribution in [2.45, 2.75) is 13.1 Å². The smallest absolute Gasteiger partial charge is 0.258 e. The summed E-state index contributed by atoms with van der Waals surface area (Å²) in [5, 5.41) is 1.88. The monoisotopic (exact) mass is 466 g/mol. The third-order valence-electron chi connectivity index (χ3n) is 6.54. The molecule has 0 N–H and O–H groups in total. The molecular formula is C24H30N6O2S. The van der Waals surface area contributed by atoms with E-state index < -0.39 is 0 Å². The molecule has 4 heterocycles. The van der Waals surface area contributed by atoms with Crippen LogP contribution >= 0.6 is 11.3 Å². The van der Waals surface area contributed by atoms with Crippen LogP contribution in [0.1, 0.15) is 11.3 Å². The first kappa shape index (κ1) is 22.2. The van der Waals surface area contributed by atoms with Gasteiger partial charge in [0.25, 0.3) is 5.56 Å². The van der Waals surface area contributed by atoms with Gasteiger partial charge < -0.3 is 4.90 Å². The number of carbonyl (C=O) groups excluding carboxylic acids is 1. The quantitative estimate of drug-likeness (QED) is 0.544. The molecule has 3 aromatic rings. The summed E-state index contributed by atoms with van der Waals surface area (Å²) in [6.45, 7) is 9.07. The second-order valence-corrected chi connectivity index (χ2v) is 9.71. The molecule has 9 heteroatoms. The number of fused-ring (bicyclic) bond motifs is 1. The molecule has 2 aliphatic rings. The lowest BCUT2D eigenvalue weighted by Crippen LogP contribution is -2.53. The van der Waals surface area contributed by atoms with Gasteiger partial charge in [-0.1, -0.05) is 30.3 Å². The summed E-state index contributed by atoms with van der Waals surface area (Å²) >= 11 is 1.47. The van der Waals surface area contributed by atoms with Gasteiger partial charge >= 0.3 is 0 Å². The first-order valence-electron chi connectivity index (χ1n) is 11.6. The van der Waals surface area contributed by atoms with Crippen molar-refractivity contribution in [3.05, 3.63) is 69.6 Å². The summed E-state index contributed by atoms with van der Waals surface area (Å²) in [7, 11) is 0. The Labute approximate surface area is 197 Å². The lowest BCUT2D eigenvalue weighted by molar-refractivity contribution is -0.134. The lowest BCUT2D eigenvalue weighted by atomic mass is 10.2. The first-order valence-corrected chi connectivity index (χ1v) is 12.5. The number of aromatic nitrogens is 2. The molecule has 0 bridgehead atoms. The lowest BCUT2D eigenvalue weighted by Gasteiger charge is -2.38. The van der Waals surface area contributed by atoms with Gasteiger partial charge in [-0.3, -0.25) is 28.7 Å². The number of carbonyl (C=O) groups is 1. The van der Waals surface area contributed by atoms with Crippen LogP contribution in [0.2, 0.25) is 0 Å². The van der Waals surface area contributed by atoms with Crippen molar-refractivity contribution < 1.29 is 4.79 Å².